The Hall–Kier alpha value is -1.62. The number of anilines is 1. The summed E-state index contributed by atoms with van der Waals surface area (Å²) in [5, 5.41) is 9.02. The second-order valence-electron chi connectivity index (χ2n) is 5.46. The number of amides is 1. The van der Waals surface area contributed by atoms with Crippen LogP contribution >= 0.6 is 0 Å². The fourth-order valence-corrected chi connectivity index (χ4v) is 2.36. The van der Waals surface area contributed by atoms with Crippen LogP contribution in [-0.4, -0.2) is 54.2 Å². The third-order valence-electron chi connectivity index (χ3n) is 3.77. The Balaban J connectivity index is 2.10. The summed E-state index contributed by atoms with van der Waals surface area (Å²) < 4.78 is 0. The zero-order valence-electron chi connectivity index (χ0n) is 12.2. The number of nitrogens with zero attached hydrogens (tertiary/aromatic N) is 3. The fraction of sp³-hybridized carbons (Fsp3) is 0.600. The van der Waals surface area contributed by atoms with Gasteiger partial charge in [-0.15, -0.1) is 0 Å². The normalized spacial score (nSPS) is 14.8. The van der Waals surface area contributed by atoms with E-state index in [0.717, 1.165) is 18.8 Å². The minimum Gasteiger partial charge on any atom is -0.396 e. The Labute approximate surface area is 120 Å². The lowest BCUT2D eigenvalue weighted by Gasteiger charge is -2.38. The fourth-order valence-electron chi connectivity index (χ4n) is 2.36. The maximum absolute atomic E-state index is 11.8. The van der Waals surface area contributed by atoms with Crippen LogP contribution in [0.25, 0.3) is 0 Å². The number of aliphatic hydroxyl groups is 1. The first-order chi connectivity index (χ1) is 9.63. The van der Waals surface area contributed by atoms with Gasteiger partial charge in [0.05, 0.1) is 5.56 Å². The number of hydrogen-bond donors (Lipinski definition) is 1. The molecule has 1 saturated carbocycles. The minimum atomic E-state index is -0.0328. The zero-order chi connectivity index (χ0) is 14.5. The number of pyridine rings is 1. The molecule has 20 heavy (non-hydrogen) atoms. The summed E-state index contributed by atoms with van der Waals surface area (Å²) in [4.78, 5) is 20.1. The van der Waals surface area contributed by atoms with E-state index in [1.165, 1.54) is 19.3 Å². The highest BCUT2D eigenvalue weighted by Gasteiger charge is 2.25. The lowest BCUT2D eigenvalue weighted by Crippen LogP contribution is -2.41. The maximum Gasteiger partial charge on any atom is 0.254 e. The Morgan fingerprint density at radius 2 is 2.15 bits per heavy atom. The molecule has 1 aliphatic rings. The summed E-state index contributed by atoms with van der Waals surface area (Å²) in [6.07, 6.45) is 6.02. The predicted molar refractivity (Wildman–Crippen MR) is 78.9 cm³/mol. The summed E-state index contributed by atoms with van der Waals surface area (Å²) >= 11 is 0. The molecule has 110 valence electrons. The van der Waals surface area contributed by atoms with Crippen molar-refractivity contribution in [2.45, 2.75) is 31.7 Å². The molecule has 0 aliphatic heterocycles. The van der Waals surface area contributed by atoms with Gasteiger partial charge in [0.25, 0.3) is 5.91 Å². The molecular formula is C15H23N3O2. The molecule has 0 saturated heterocycles. The van der Waals surface area contributed by atoms with Crippen LogP contribution in [0.4, 0.5) is 5.82 Å². The molecule has 2 rings (SSSR count). The average molecular weight is 277 g/mol. The van der Waals surface area contributed by atoms with Crippen molar-refractivity contribution in [3.05, 3.63) is 23.9 Å². The van der Waals surface area contributed by atoms with Gasteiger partial charge in [-0.2, -0.15) is 0 Å². The highest BCUT2D eigenvalue weighted by atomic mass is 16.3. The van der Waals surface area contributed by atoms with Gasteiger partial charge in [-0.1, -0.05) is 0 Å². The second kappa shape index (κ2) is 6.70. The first-order valence-corrected chi connectivity index (χ1v) is 7.18. The molecule has 1 aromatic rings. The van der Waals surface area contributed by atoms with Gasteiger partial charge in [-0.3, -0.25) is 4.79 Å². The summed E-state index contributed by atoms with van der Waals surface area (Å²) in [5.74, 6) is 0.869. The molecule has 1 fully saturated rings. The van der Waals surface area contributed by atoms with E-state index in [9.17, 15) is 4.79 Å². The Morgan fingerprint density at radius 1 is 1.40 bits per heavy atom. The van der Waals surface area contributed by atoms with Crippen LogP contribution in [0.2, 0.25) is 0 Å². The van der Waals surface area contributed by atoms with Crippen LogP contribution < -0.4 is 4.90 Å². The number of aromatic nitrogens is 1. The van der Waals surface area contributed by atoms with Gasteiger partial charge in [-0.05, 0) is 37.8 Å². The number of carbonyl (C=O) groups is 1. The third-order valence-corrected chi connectivity index (χ3v) is 3.77. The highest BCUT2D eigenvalue weighted by Crippen LogP contribution is 2.28. The van der Waals surface area contributed by atoms with E-state index in [1.54, 1.807) is 25.2 Å². The van der Waals surface area contributed by atoms with Gasteiger partial charge < -0.3 is 14.9 Å². The van der Waals surface area contributed by atoms with Crippen molar-refractivity contribution in [1.82, 2.24) is 9.88 Å². The van der Waals surface area contributed by atoms with Gasteiger partial charge in [0, 0.05) is 39.5 Å². The van der Waals surface area contributed by atoms with E-state index >= 15 is 0 Å². The third kappa shape index (κ3) is 3.28. The maximum atomic E-state index is 11.8. The Kier molecular flexibility index (Phi) is 4.95. The molecule has 0 atom stereocenters. The van der Waals surface area contributed by atoms with Gasteiger partial charge in [-0.25, -0.2) is 4.98 Å². The molecule has 5 nitrogen and oxygen atoms in total. The van der Waals surface area contributed by atoms with Crippen LogP contribution in [0.15, 0.2) is 18.3 Å². The molecule has 0 spiro atoms. The molecule has 5 heteroatoms. The van der Waals surface area contributed by atoms with E-state index in [-0.39, 0.29) is 12.5 Å². The largest absolute Gasteiger partial charge is 0.396 e. The number of carbonyl (C=O) groups excluding carboxylic acids is 1. The summed E-state index contributed by atoms with van der Waals surface area (Å²) in [6, 6.07) is 4.27. The van der Waals surface area contributed by atoms with Gasteiger partial charge in [0.15, 0.2) is 0 Å². The highest BCUT2D eigenvalue weighted by molar-refractivity contribution is 5.93. The van der Waals surface area contributed by atoms with E-state index in [1.807, 2.05) is 12.1 Å². The van der Waals surface area contributed by atoms with Crippen molar-refractivity contribution >= 4 is 11.7 Å². The van der Waals surface area contributed by atoms with Crippen molar-refractivity contribution < 1.29 is 9.90 Å². The van der Waals surface area contributed by atoms with Crippen molar-refractivity contribution in [2.24, 2.45) is 0 Å². The van der Waals surface area contributed by atoms with Crippen molar-refractivity contribution in [1.29, 1.82) is 0 Å². The van der Waals surface area contributed by atoms with E-state index < -0.39 is 0 Å². The number of aliphatic hydroxyl groups excluding tert-OH is 1. The molecule has 0 radical (unpaired) electrons. The van der Waals surface area contributed by atoms with Crippen molar-refractivity contribution in [3.63, 3.8) is 0 Å². The zero-order valence-corrected chi connectivity index (χ0v) is 12.2. The first kappa shape index (κ1) is 14.8. The molecule has 1 aliphatic carbocycles. The van der Waals surface area contributed by atoms with Crippen molar-refractivity contribution in [3.8, 4) is 0 Å². The van der Waals surface area contributed by atoms with Gasteiger partial charge in [0.2, 0.25) is 0 Å². The monoisotopic (exact) mass is 277 g/mol. The molecular weight excluding hydrogens is 254 g/mol. The van der Waals surface area contributed by atoms with Crippen LogP contribution in [0.1, 0.15) is 36.0 Å². The quantitative estimate of drug-likeness (QED) is 0.856. The van der Waals surface area contributed by atoms with Crippen LogP contribution in [-0.2, 0) is 0 Å². The standard InChI is InChI=1S/C15H23N3O2/c1-17(2)15(20)12-7-8-14(16-11-12)18(9-4-10-19)13-5-3-6-13/h7-8,11,13,19H,3-6,9-10H2,1-2H3. The van der Waals surface area contributed by atoms with Crippen LogP contribution in [0, 0.1) is 0 Å². The van der Waals surface area contributed by atoms with Gasteiger partial charge >= 0.3 is 0 Å². The number of hydrogen-bond acceptors (Lipinski definition) is 4. The average Bonchev–Trinajstić information content (AvgIpc) is 2.40. The Bertz CT molecular complexity index is 441. The molecule has 1 heterocycles. The SMILES string of the molecule is CN(C)C(=O)c1ccc(N(CCCO)C2CCC2)nc1. The molecule has 0 unspecified atom stereocenters. The predicted octanol–water partition coefficient (Wildman–Crippen LogP) is 1.52. The molecule has 0 bridgehead atoms. The van der Waals surface area contributed by atoms with E-state index in [2.05, 4.69) is 9.88 Å². The summed E-state index contributed by atoms with van der Waals surface area (Å²) in [5.41, 5.74) is 0.606. The van der Waals surface area contributed by atoms with E-state index in [0.29, 0.717) is 11.6 Å². The van der Waals surface area contributed by atoms with Crippen LogP contribution in [0.3, 0.4) is 0 Å². The minimum absolute atomic E-state index is 0.0328. The smallest absolute Gasteiger partial charge is 0.254 e. The second-order valence-corrected chi connectivity index (χ2v) is 5.46. The number of rotatable bonds is 6. The molecule has 0 aromatic carbocycles. The lowest BCUT2D eigenvalue weighted by atomic mass is 9.91. The Morgan fingerprint density at radius 3 is 2.60 bits per heavy atom. The van der Waals surface area contributed by atoms with Gasteiger partial charge in [0.1, 0.15) is 5.82 Å². The van der Waals surface area contributed by atoms with Crippen LogP contribution in [0.5, 0.6) is 0 Å². The summed E-state index contributed by atoms with van der Waals surface area (Å²) in [6.45, 7) is 1.01. The summed E-state index contributed by atoms with van der Waals surface area (Å²) in [7, 11) is 3.47. The molecule has 1 N–H and O–H groups in total. The lowest BCUT2D eigenvalue weighted by molar-refractivity contribution is 0.0827. The molecule has 1 amide bonds. The van der Waals surface area contributed by atoms with Crippen molar-refractivity contribution in [2.75, 3.05) is 32.1 Å². The van der Waals surface area contributed by atoms with E-state index in [4.69, 9.17) is 5.11 Å². The molecule has 1 aromatic heterocycles. The topological polar surface area (TPSA) is 56.7 Å². The first-order valence-electron chi connectivity index (χ1n) is 7.18.